The molecule has 4 unspecified atom stereocenters. The minimum Gasteiger partial charge on any atom is -0.456 e. The zero-order valence-electron chi connectivity index (χ0n) is 41.0. The Bertz CT molecular complexity index is 1440. The second-order valence-corrected chi connectivity index (χ2v) is 22.7. The zero-order valence-corrected chi connectivity index (χ0v) is 41.7. The van der Waals surface area contributed by atoms with Gasteiger partial charge in [-0.05, 0) is 147 Å². The highest BCUT2D eigenvalue weighted by Crippen LogP contribution is 2.61. The van der Waals surface area contributed by atoms with Crippen molar-refractivity contribution in [3.05, 3.63) is 24.3 Å². The van der Waals surface area contributed by atoms with E-state index in [4.69, 9.17) is 40.5 Å². The van der Waals surface area contributed by atoms with Crippen LogP contribution in [0.1, 0.15) is 174 Å². The molecule has 8 rings (SSSR count). The van der Waals surface area contributed by atoms with Crippen LogP contribution in [0, 0.1) is 45.8 Å². The number of ether oxygens (including phenoxy) is 5. The Morgan fingerprint density at radius 2 is 1.10 bits per heavy atom. The quantitative estimate of drug-likeness (QED) is 0.0628. The summed E-state index contributed by atoms with van der Waals surface area (Å²) in [5.41, 5.74) is -0.157. The van der Waals surface area contributed by atoms with Crippen LogP contribution in [0.5, 0.6) is 0 Å². The van der Waals surface area contributed by atoms with E-state index >= 15 is 0 Å². The molecule has 0 heterocycles. The van der Waals surface area contributed by atoms with Gasteiger partial charge in [-0.1, -0.05) is 73.2 Å². The topological polar surface area (TPSA) is 128 Å². The van der Waals surface area contributed by atoms with E-state index in [0.717, 1.165) is 70.9 Å². The zero-order chi connectivity index (χ0) is 46.6. The van der Waals surface area contributed by atoms with Crippen molar-refractivity contribution >= 4 is 23.5 Å². The molecule has 11 heteroatoms. The van der Waals surface area contributed by atoms with Crippen molar-refractivity contribution in [2.45, 2.75) is 208 Å². The monoisotopic (exact) mass is 879 g/mol. The molecule has 8 fully saturated rings. The predicted octanol–water partition coefficient (Wildman–Crippen LogP) is 11.3. The molecule has 0 amide bonds. The van der Waals surface area contributed by atoms with E-state index in [2.05, 4.69) is 94.2 Å². The highest BCUT2D eigenvalue weighted by Gasteiger charge is 2.61. The first kappa shape index (κ1) is 55.1. The van der Waals surface area contributed by atoms with Crippen molar-refractivity contribution < 1.29 is 38.4 Å². The van der Waals surface area contributed by atoms with E-state index in [1.165, 1.54) is 19.8 Å². The van der Waals surface area contributed by atoms with Gasteiger partial charge >= 0.3 is 11.9 Å². The molecular weight excluding hydrogens is 792 g/mol. The van der Waals surface area contributed by atoms with Gasteiger partial charge in [-0.2, -0.15) is 5.26 Å². The average molecular weight is 880 g/mol. The molecule has 1 N–H and O–H groups in total. The molecule has 10 nitrogen and oxygen atoms in total. The molecule has 0 spiro atoms. The Hall–Kier alpha value is -2.00. The van der Waals surface area contributed by atoms with Crippen molar-refractivity contribution in [2.24, 2.45) is 34.5 Å². The first-order valence-electron chi connectivity index (χ1n) is 23.0. The van der Waals surface area contributed by atoms with Gasteiger partial charge in [0, 0.05) is 43.0 Å². The van der Waals surface area contributed by atoms with Gasteiger partial charge in [0.15, 0.2) is 0 Å². The third-order valence-corrected chi connectivity index (χ3v) is 12.7. The number of hydrogen-bond acceptors (Lipinski definition) is 10. The number of carbonyl (C=O) groups excluding carboxylic acids is 2. The first-order chi connectivity index (χ1) is 28.1. The van der Waals surface area contributed by atoms with Crippen LogP contribution in [0.2, 0.25) is 0 Å². The Balaban J connectivity index is 0.000000301. The molecule has 352 valence electrons. The van der Waals surface area contributed by atoms with Crippen LogP contribution in [0.3, 0.4) is 0 Å². The standard InChI is InChI=1S/C20H32O4.C14H20O3.C8H19N.C6H13ClO.C2H3N/c1-14(2)17(21)24-20-9-15-6-16(10-20)8-19(7-15,11-20)23-13-22-12-18(3,4)5;1-9(2)12(15)17-14-6-10-3-11(7-14)5-13(16,4-10)8-14;1-6-9(7(2)3)8(4)5;1-6(2,3)4-8-5-7;1-2-3/h15-16H,1,6-13H2,2-5H3;10-11,16H,1,3-8H2,2H3;7-8H,6H2,1-5H3;4-5H2,1-3H3;1H3. The Morgan fingerprint density at radius 1 is 0.738 bits per heavy atom. The number of nitriles is 1. The van der Waals surface area contributed by atoms with Crippen LogP contribution in [-0.2, 0) is 33.3 Å². The van der Waals surface area contributed by atoms with Crippen LogP contribution < -0.4 is 0 Å². The van der Waals surface area contributed by atoms with E-state index in [1.54, 1.807) is 19.9 Å². The number of halogens is 1. The number of alkyl halides is 1. The largest absolute Gasteiger partial charge is 0.456 e. The number of esters is 2. The van der Waals surface area contributed by atoms with Gasteiger partial charge in [0.1, 0.15) is 24.1 Å². The maximum atomic E-state index is 12.1. The smallest absolute Gasteiger partial charge is 0.333 e. The minimum absolute atomic E-state index is 0.142. The molecule has 8 bridgehead atoms. The van der Waals surface area contributed by atoms with E-state index in [9.17, 15) is 14.7 Å². The van der Waals surface area contributed by atoms with Gasteiger partial charge in [-0.25, -0.2) is 9.59 Å². The molecule has 0 aromatic rings. The van der Waals surface area contributed by atoms with Crippen LogP contribution in [-0.4, -0.2) is 89.1 Å². The Kier molecular flexibility index (Phi) is 21.0. The van der Waals surface area contributed by atoms with Crippen molar-refractivity contribution in [1.82, 2.24) is 4.90 Å². The second kappa shape index (κ2) is 23.3. The lowest BCUT2D eigenvalue weighted by molar-refractivity contribution is -0.255. The van der Waals surface area contributed by atoms with Crippen molar-refractivity contribution in [3.63, 3.8) is 0 Å². The van der Waals surface area contributed by atoms with E-state index in [-0.39, 0.29) is 34.0 Å². The number of carbonyl (C=O) groups is 2. The summed E-state index contributed by atoms with van der Waals surface area (Å²) in [6.45, 7) is 39.1. The summed E-state index contributed by atoms with van der Waals surface area (Å²) in [6.07, 6.45) is 11.7. The normalized spacial score (nSPS) is 31.3. The highest BCUT2D eigenvalue weighted by atomic mass is 35.5. The number of rotatable bonds is 13. The molecule has 8 aliphatic carbocycles. The molecule has 0 aromatic heterocycles. The lowest BCUT2D eigenvalue weighted by Crippen LogP contribution is -2.61. The van der Waals surface area contributed by atoms with Crippen LogP contribution in [0.15, 0.2) is 24.3 Å². The van der Waals surface area contributed by atoms with E-state index in [0.29, 0.717) is 72.8 Å². The summed E-state index contributed by atoms with van der Waals surface area (Å²) in [6, 6.07) is 3.43. The number of aliphatic hydroxyl groups is 1. The molecule has 0 radical (unpaired) electrons. The molecule has 61 heavy (non-hydrogen) atoms. The van der Waals surface area contributed by atoms with Crippen molar-refractivity contribution in [2.75, 3.05) is 32.6 Å². The molecular formula is C50H87ClN2O8. The predicted molar refractivity (Wildman–Crippen MR) is 246 cm³/mol. The summed E-state index contributed by atoms with van der Waals surface area (Å²) in [4.78, 5) is 26.3. The second-order valence-electron chi connectivity index (χ2n) is 22.5. The lowest BCUT2D eigenvalue weighted by atomic mass is 9.52. The van der Waals surface area contributed by atoms with Crippen LogP contribution in [0.25, 0.3) is 0 Å². The average Bonchev–Trinajstić information content (AvgIpc) is 3.07. The molecule has 0 saturated heterocycles. The third kappa shape index (κ3) is 18.2. The Morgan fingerprint density at radius 3 is 1.39 bits per heavy atom. The van der Waals surface area contributed by atoms with Gasteiger partial charge in [-0.15, -0.1) is 0 Å². The van der Waals surface area contributed by atoms with Gasteiger partial charge in [-0.3, -0.25) is 4.90 Å². The molecule has 0 aromatic carbocycles. The maximum Gasteiger partial charge on any atom is 0.333 e. The fourth-order valence-corrected chi connectivity index (χ4v) is 11.5. The third-order valence-electron chi connectivity index (χ3n) is 12.5. The van der Waals surface area contributed by atoms with Gasteiger partial charge in [0.25, 0.3) is 0 Å². The van der Waals surface area contributed by atoms with Crippen molar-refractivity contribution in [3.8, 4) is 6.07 Å². The fraction of sp³-hybridized carbons (Fsp3) is 0.860. The summed E-state index contributed by atoms with van der Waals surface area (Å²) in [7, 11) is 0. The molecule has 8 aliphatic rings. The number of nitrogens with zero attached hydrogens (tertiary/aromatic N) is 2. The van der Waals surface area contributed by atoms with Gasteiger partial charge in [0.05, 0.1) is 30.5 Å². The SMILES string of the molecule is C=C(C)C(=O)OC12CC3CC(CC(O)(C3)C1)C2.C=C(C)C(=O)OC12CC3CC(CC(OCOCC(C)(C)C)(C3)C1)C2.CC#N.CC(C)(C)COCCl.CCN(C(C)C)C(C)C. The van der Waals surface area contributed by atoms with Gasteiger partial charge < -0.3 is 28.8 Å². The fourth-order valence-electron chi connectivity index (χ4n) is 11.4. The van der Waals surface area contributed by atoms with Crippen LogP contribution in [0.4, 0.5) is 0 Å². The first-order valence-corrected chi connectivity index (χ1v) is 23.5. The van der Waals surface area contributed by atoms with Gasteiger partial charge in [0.2, 0.25) is 0 Å². The summed E-state index contributed by atoms with van der Waals surface area (Å²) in [5.74, 6) is 1.74. The lowest BCUT2D eigenvalue weighted by Gasteiger charge is -2.60. The summed E-state index contributed by atoms with van der Waals surface area (Å²) >= 11 is 5.29. The maximum absolute atomic E-state index is 12.1. The molecule has 8 saturated carbocycles. The van der Waals surface area contributed by atoms with Crippen LogP contribution >= 0.6 is 11.6 Å². The highest BCUT2D eigenvalue weighted by molar-refractivity contribution is 6.17. The molecule has 0 aliphatic heterocycles. The van der Waals surface area contributed by atoms with E-state index in [1.807, 2.05) is 0 Å². The summed E-state index contributed by atoms with van der Waals surface area (Å²) in [5, 5.41) is 17.8. The number of hydrogen-bond donors (Lipinski definition) is 1. The summed E-state index contributed by atoms with van der Waals surface area (Å²) < 4.78 is 28.6. The van der Waals surface area contributed by atoms with E-state index < -0.39 is 11.2 Å². The Labute approximate surface area is 376 Å². The minimum atomic E-state index is -0.570. The molecule has 4 atom stereocenters. The van der Waals surface area contributed by atoms with Crippen molar-refractivity contribution in [1.29, 1.82) is 5.26 Å².